The lowest BCUT2D eigenvalue weighted by molar-refractivity contribution is -0.286. The van der Waals surface area contributed by atoms with Crippen molar-refractivity contribution < 1.29 is 18.3 Å². The highest BCUT2D eigenvalue weighted by Crippen LogP contribution is 2.42. The number of nitrogens with one attached hydrogen (secondary N) is 1. The summed E-state index contributed by atoms with van der Waals surface area (Å²) in [6.45, 7) is 1.78. The van der Waals surface area contributed by atoms with Crippen molar-refractivity contribution >= 4 is 11.5 Å². The van der Waals surface area contributed by atoms with Gasteiger partial charge in [-0.3, -0.25) is 0 Å². The molecule has 2 heterocycles. The predicted octanol–water partition coefficient (Wildman–Crippen LogP) is 3.33. The summed E-state index contributed by atoms with van der Waals surface area (Å²) in [5.74, 6) is 0.238. The van der Waals surface area contributed by atoms with E-state index in [1.54, 1.807) is 19.1 Å². The summed E-state index contributed by atoms with van der Waals surface area (Å²) in [6.07, 6.45) is -3.65. The summed E-state index contributed by atoms with van der Waals surface area (Å²) in [6, 6.07) is 9.61. The van der Waals surface area contributed by atoms with E-state index in [0.717, 1.165) is 5.69 Å². The number of anilines is 2. The SMILES string of the molecule is Cc1ccc(C#N)c(Nc2ccc3c(c2)OC(F)(F)O3)n1. The molecule has 7 heteroatoms. The molecule has 0 spiro atoms. The number of hydrogen-bond acceptors (Lipinski definition) is 5. The van der Waals surface area contributed by atoms with Crippen molar-refractivity contribution in [2.24, 2.45) is 0 Å². The number of rotatable bonds is 2. The van der Waals surface area contributed by atoms with Gasteiger partial charge in [-0.1, -0.05) is 0 Å². The Morgan fingerprint density at radius 2 is 1.95 bits per heavy atom. The second kappa shape index (κ2) is 4.59. The Labute approximate surface area is 118 Å². The van der Waals surface area contributed by atoms with Gasteiger partial charge in [0.25, 0.3) is 0 Å². The zero-order valence-electron chi connectivity index (χ0n) is 10.9. The zero-order valence-corrected chi connectivity index (χ0v) is 10.9. The number of aromatic nitrogens is 1. The molecule has 21 heavy (non-hydrogen) atoms. The van der Waals surface area contributed by atoms with Crippen LogP contribution in [0.2, 0.25) is 0 Å². The summed E-state index contributed by atoms with van der Waals surface area (Å²) < 4.78 is 34.6. The first kappa shape index (κ1) is 13.1. The van der Waals surface area contributed by atoms with E-state index in [4.69, 9.17) is 5.26 Å². The highest BCUT2D eigenvalue weighted by molar-refractivity contribution is 5.66. The number of ether oxygens (including phenoxy) is 2. The van der Waals surface area contributed by atoms with E-state index < -0.39 is 6.29 Å². The molecule has 0 saturated heterocycles. The Balaban J connectivity index is 1.91. The molecule has 0 amide bonds. The molecule has 0 radical (unpaired) electrons. The van der Waals surface area contributed by atoms with Gasteiger partial charge in [0.05, 0.1) is 5.56 Å². The van der Waals surface area contributed by atoms with Crippen LogP contribution in [0, 0.1) is 18.3 Å². The summed E-state index contributed by atoms with van der Waals surface area (Å²) in [5.41, 5.74) is 1.54. The normalized spacial score (nSPS) is 14.6. The van der Waals surface area contributed by atoms with Gasteiger partial charge in [-0.05, 0) is 31.2 Å². The van der Waals surface area contributed by atoms with Crippen molar-refractivity contribution in [3.8, 4) is 17.6 Å². The molecule has 1 aromatic carbocycles. The molecule has 1 aliphatic rings. The van der Waals surface area contributed by atoms with Gasteiger partial charge in [0.2, 0.25) is 0 Å². The van der Waals surface area contributed by atoms with Crippen LogP contribution in [-0.4, -0.2) is 11.3 Å². The Morgan fingerprint density at radius 1 is 1.19 bits per heavy atom. The number of hydrogen-bond donors (Lipinski definition) is 1. The smallest absolute Gasteiger partial charge is 0.395 e. The third-order valence-electron chi connectivity index (χ3n) is 2.82. The third kappa shape index (κ3) is 2.56. The van der Waals surface area contributed by atoms with Crippen LogP contribution in [0.1, 0.15) is 11.3 Å². The maximum absolute atomic E-state index is 12.9. The molecule has 0 atom stereocenters. The Hall–Kier alpha value is -2.88. The molecule has 0 unspecified atom stereocenters. The fourth-order valence-electron chi connectivity index (χ4n) is 1.91. The fraction of sp³-hybridized carbons (Fsp3) is 0.143. The standard InChI is InChI=1S/C14H9F2N3O2/c1-8-2-3-9(7-17)13(18-8)19-10-4-5-11-12(6-10)21-14(15,16)20-11/h2-6H,1H3,(H,18,19). The van der Waals surface area contributed by atoms with Gasteiger partial charge in [-0.2, -0.15) is 5.26 Å². The first-order chi connectivity index (χ1) is 9.97. The van der Waals surface area contributed by atoms with E-state index in [1.165, 1.54) is 18.2 Å². The maximum Gasteiger partial charge on any atom is 0.586 e. The molecule has 106 valence electrons. The number of halogens is 2. The molecule has 3 rings (SSSR count). The number of nitriles is 1. The third-order valence-corrected chi connectivity index (χ3v) is 2.82. The molecule has 5 nitrogen and oxygen atoms in total. The first-order valence-electron chi connectivity index (χ1n) is 6.01. The van der Waals surface area contributed by atoms with Crippen molar-refractivity contribution in [3.05, 3.63) is 41.6 Å². The van der Waals surface area contributed by atoms with Crippen LogP contribution in [-0.2, 0) is 0 Å². The van der Waals surface area contributed by atoms with Crippen LogP contribution in [0.4, 0.5) is 20.3 Å². The topological polar surface area (TPSA) is 67.2 Å². The summed E-state index contributed by atoms with van der Waals surface area (Å²) in [5, 5.41) is 11.9. The van der Waals surface area contributed by atoms with Crippen LogP contribution in [0.15, 0.2) is 30.3 Å². The lowest BCUT2D eigenvalue weighted by Crippen LogP contribution is -2.25. The first-order valence-corrected chi connectivity index (χ1v) is 6.01. The number of benzene rings is 1. The van der Waals surface area contributed by atoms with Gasteiger partial charge >= 0.3 is 6.29 Å². The van der Waals surface area contributed by atoms with E-state index in [-0.39, 0.29) is 11.5 Å². The lowest BCUT2D eigenvalue weighted by Gasteiger charge is -2.08. The fourth-order valence-corrected chi connectivity index (χ4v) is 1.91. The van der Waals surface area contributed by atoms with Crippen LogP contribution >= 0.6 is 0 Å². The van der Waals surface area contributed by atoms with E-state index in [0.29, 0.717) is 17.1 Å². The van der Waals surface area contributed by atoms with Gasteiger partial charge in [0.1, 0.15) is 11.9 Å². The molecular weight excluding hydrogens is 280 g/mol. The molecule has 0 aliphatic carbocycles. The van der Waals surface area contributed by atoms with Gasteiger partial charge in [0.15, 0.2) is 11.5 Å². The highest BCUT2D eigenvalue weighted by Gasteiger charge is 2.43. The van der Waals surface area contributed by atoms with E-state index in [2.05, 4.69) is 19.8 Å². The second-order valence-electron chi connectivity index (χ2n) is 4.41. The number of alkyl halides is 2. The van der Waals surface area contributed by atoms with Crippen LogP contribution < -0.4 is 14.8 Å². The monoisotopic (exact) mass is 289 g/mol. The van der Waals surface area contributed by atoms with Crippen molar-refractivity contribution in [2.45, 2.75) is 13.2 Å². The number of pyridine rings is 1. The van der Waals surface area contributed by atoms with E-state index in [1.807, 2.05) is 6.07 Å². The highest BCUT2D eigenvalue weighted by atomic mass is 19.3. The maximum atomic E-state index is 12.9. The molecule has 1 aliphatic heterocycles. The zero-order chi connectivity index (χ0) is 15.0. The van der Waals surface area contributed by atoms with E-state index in [9.17, 15) is 8.78 Å². The molecule has 0 bridgehead atoms. The minimum atomic E-state index is -3.65. The minimum Gasteiger partial charge on any atom is -0.395 e. The quantitative estimate of drug-likeness (QED) is 0.918. The number of fused-ring (bicyclic) bond motifs is 1. The lowest BCUT2D eigenvalue weighted by atomic mass is 10.2. The predicted molar refractivity (Wildman–Crippen MR) is 69.6 cm³/mol. The average Bonchev–Trinajstić information content (AvgIpc) is 2.72. The van der Waals surface area contributed by atoms with Crippen molar-refractivity contribution in [2.75, 3.05) is 5.32 Å². The van der Waals surface area contributed by atoms with Crippen molar-refractivity contribution in [3.63, 3.8) is 0 Å². The Kier molecular flexibility index (Phi) is 2.87. The van der Waals surface area contributed by atoms with Crippen LogP contribution in [0.3, 0.4) is 0 Å². The van der Waals surface area contributed by atoms with Gasteiger partial charge in [0, 0.05) is 17.4 Å². The summed E-state index contributed by atoms with van der Waals surface area (Å²) >= 11 is 0. The molecule has 0 saturated carbocycles. The average molecular weight is 289 g/mol. The number of aryl methyl sites for hydroxylation is 1. The summed E-state index contributed by atoms with van der Waals surface area (Å²) in [7, 11) is 0. The van der Waals surface area contributed by atoms with Crippen LogP contribution in [0.5, 0.6) is 11.5 Å². The van der Waals surface area contributed by atoms with Gasteiger partial charge < -0.3 is 14.8 Å². The molecule has 0 fully saturated rings. The van der Waals surface area contributed by atoms with Crippen molar-refractivity contribution in [1.29, 1.82) is 5.26 Å². The largest absolute Gasteiger partial charge is 0.586 e. The Morgan fingerprint density at radius 3 is 2.71 bits per heavy atom. The summed E-state index contributed by atoms with van der Waals surface area (Å²) in [4.78, 5) is 4.21. The van der Waals surface area contributed by atoms with Crippen LogP contribution in [0.25, 0.3) is 0 Å². The molecule has 1 N–H and O–H groups in total. The molecule has 2 aromatic rings. The second-order valence-corrected chi connectivity index (χ2v) is 4.41. The molecular formula is C14H9F2N3O2. The van der Waals surface area contributed by atoms with E-state index >= 15 is 0 Å². The number of nitrogens with zero attached hydrogens (tertiary/aromatic N) is 2. The van der Waals surface area contributed by atoms with Gasteiger partial charge in [-0.25, -0.2) is 4.98 Å². The Bertz CT molecular complexity index is 756. The molecule has 1 aromatic heterocycles. The minimum absolute atomic E-state index is 0.0386. The van der Waals surface area contributed by atoms with Gasteiger partial charge in [-0.15, -0.1) is 8.78 Å². The van der Waals surface area contributed by atoms with Crippen molar-refractivity contribution in [1.82, 2.24) is 4.98 Å².